The Balaban J connectivity index is 2.87. The van der Waals surface area contributed by atoms with Crippen molar-refractivity contribution in [2.24, 2.45) is 0 Å². The van der Waals surface area contributed by atoms with E-state index in [1.165, 1.54) is 16.2 Å². The molecule has 0 radical (unpaired) electrons. The number of likely N-dealkylation sites (N-methyl/N-ethyl adjacent to an activating group) is 1. The van der Waals surface area contributed by atoms with Crippen LogP contribution in [0.4, 0.5) is 10.9 Å². The van der Waals surface area contributed by atoms with Crippen LogP contribution in [0.1, 0.15) is 37.4 Å². The Hall–Kier alpha value is -1.34. The van der Waals surface area contributed by atoms with Crippen LogP contribution in [0, 0.1) is 0 Å². The Kier molecular flexibility index (Phi) is 4.75. The summed E-state index contributed by atoms with van der Waals surface area (Å²) in [5, 5.41) is 13.1. The third-order valence-electron chi connectivity index (χ3n) is 2.21. The number of hydrogen-bond acceptors (Lipinski definition) is 6. The Morgan fingerprint density at radius 3 is 2.63 bits per heavy atom. The highest BCUT2D eigenvalue weighted by Gasteiger charge is 2.22. The number of amides is 1. The van der Waals surface area contributed by atoms with E-state index < -0.39 is 6.10 Å². The van der Waals surface area contributed by atoms with Crippen molar-refractivity contribution in [3.63, 3.8) is 0 Å². The number of nitrogens with one attached hydrogen (secondary N) is 1. The van der Waals surface area contributed by atoms with E-state index in [1.54, 1.807) is 14.0 Å². The molecule has 1 heterocycles. The van der Waals surface area contributed by atoms with Crippen molar-refractivity contribution in [3.05, 3.63) is 4.88 Å². The zero-order chi connectivity index (χ0) is 14.8. The van der Waals surface area contributed by atoms with E-state index in [9.17, 15) is 9.90 Å². The number of aliphatic hydroxyl groups excluding tert-OH is 1. The number of aromatic nitrogens is 1. The molecule has 0 fully saturated rings. The van der Waals surface area contributed by atoms with Crippen molar-refractivity contribution in [1.82, 2.24) is 9.88 Å². The molecule has 0 saturated carbocycles. The monoisotopic (exact) mass is 286 g/mol. The van der Waals surface area contributed by atoms with Gasteiger partial charge in [-0.05, 0) is 27.7 Å². The number of aliphatic hydroxyl groups is 1. The summed E-state index contributed by atoms with van der Waals surface area (Å²) in [7, 11) is 1.63. The SMILES string of the molecule is CC(O)CN(C)C(=O)c1sc(NC(C)(C)C)nc1N. The van der Waals surface area contributed by atoms with Gasteiger partial charge in [0.15, 0.2) is 5.13 Å². The second-order valence-corrected chi connectivity index (χ2v) is 6.64. The molecular weight excluding hydrogens is 264 g/mol. The topological polar surface area (TPSA) is 91.5 Å². The number of nitrogen functional groups attached to an aromatic ring is 1. The van der Waals surface area contributed by atoms with E-state index in [0.717, 1.165) is 0 Å². The van der Waals surface area contributed by atoms with Crippen molar-refractivity contribution in [2.75, 3.05) is 24.6 Å². The molecule has 6 nitrogen and oxygen atoms in total. The van der Waals surface area contributed by atoms with Crippen molar-refractivity contribution >= 4 is 28.2 Å². The van der Waals surface area contributed by atoms with Gasteiger partial charge in [0.25, 0.3) is 5.91 Å². The van der Waals surface area contributed by atoms with E-state index in [-0.39, 0.29) is 23.8 Å². The number of anilines is 2. The number of nitrogens with two attached hydrogens (primary N) is 1. The van der Waals surface area contributed by atoms with Gasteiger partial charge in [0.1, 0.15) is 10.7 Å². The maximum atomic E-state index is 12.2. The number of nitrogens with zero attached hydrogens (tertiary/aromatic N) is 2. The first-order valence-corrected chi connectivity index (χ1v) is 6.90. The van der Waals surface area contributed by atoms with Gasteiger partial charge in [0.05, 0.1) is 6.10 Å². The maximum absolute atomic E-state index is 12.2. The highest BCUT2D eigenvalue weighted by atomic mass is 32.1. The van der Waals surface area contributed by atoms with E-state index in [4.69, 9.17) is 5.73 Å². The molecule has 1 amide bonds. The summed E-state index contributed by atoms with van der Waals surface area (Å²) in [6.07, 6.45) is -0.574. The van der Waals surface area contributed by atoms with Gasteiger partial charge in [-0.3, -0.25) is 4.79 Å². The van der Waals surface area contributed by atoms with Gasteiger partial charge in [-0.1, -0.05) is 11.3 Å². The standard InChI is InChI=1S/C12H22N4O2S/c1-7(17)6-16(5)10(18)8-9(13)14-11(19-8)15-12(2,3)4/h7,17H,6,13H2,1-5H3,(H,14,15). The fraction of sp³-hybridized carbons (Fsp3) is 0.667. The molecule has 0 bridgehead atoms. The first-order chi connectivity index (χ1) is 8.60. The molecule has 0 aliphatic rings. The minimum atomic E-state index is -0.574. The lowest BCUT2D eigenvalue weighted by molar-refractivity contribution is 0.0709. The summed E-state index contributed by atoms with van der Waals surface area (Å²) in [6, 6.07) is 0. The number of carbonyl (C=O) groups excluding carboxylic acids is 1. The van der Waals surface area contributed by atoms with Crippen LogP contribution >= 0.6 is 11.3 Å². The second kappa shape index (κ2) is 5.75. The molecule has 1 aromatic heterocycles. The summed E-state index contributed by atoms with van der Waals surface area (Å²) in [5.41, 5.74) is 5.64. The van der Waals surface area contributed by atoms with Crippen LogP contribution in [0.15, 0.2) is 0 Å². The van der Waals surface area contributed by atoms with Gasteiger partial charge in [0, 0.05) is 19.1 Å². The minimum Gasteiger partial charge on any atom is -0.392 e. The first kappa shape index (κ1) is 15.7. The van der Waals surface area contributed by atoms with Gasteiger partial charge >= 0.3 is 0 Å². The molecule has 0 saturated heterocycles. The van der Waals surface area contributed by atoms with E-state index >= 15 is 0 Å². The molecule has 0 aliphatic heterocycles. The van der Waals surface area contributed by atoms with E-state index in [1.807, 2.05) is 20.8 Å². The molecule has 1 unspecified atom stereocenters. The van der Waals surface area contributed by atoms with Crippen LogP contribution in [0.3, 0.4) is 0 Å². The minimum absolute atomic E-state index is 0.143. The van der Waals surface area contributed by atoms with Crippen LogP contribution in [-0.2, 0) is 0 Å². The lowest BCUT2D eigenvalue weighted by Crippen LogP contribution is -2.32. The van der Waals surface area contributed by atoms with Gasteiger partial charge in [-0.2, -0.15) is 0 Å². The summed E-state index contributed by atoms with van der Waals surface area (Å²) in [6.45, 7) is 7.91. The predicted octanol–water partition coefficient (Wildman–Crippen LogP) is 1.39. The van der Waals surface area contributed by atoms with Crippen LogP contribution < -0.4 is 11.1 Å². The Morgan fingerprint density at radius 2 is 2.16 bits per heavy atom. The zero-order valence-electron chi connectivity index (χ0n) is 12.0. The van der Waals surface area contributed by atoms with Gasteiger partial charge in [-0.15, -0.1) is 0 Å². The molecule has 0 aliphatic carbocycles. The fourth-order valence-electron chi connectivity index (χ4n) is 1.51. The summed E-state index contributed by atoms with van der Waals surface area (Å²) < 4.78 is 0. The Labute approximate surface area is 117 Å². The van der Waals surface area contributed by atoms with E-state index in [2.05, 4.69) is 10.3 Å². The normalized spacial score (nSPS) is 13.2. The van der Waals surface area contributed by atoms with Gasteiger partial charge in [0.2, 0.25) is 0 Å². The smallest absolute Gasteiger partial charge is 0.267 e. The van der Waals surface area contributed by atoms with Crippen LogP contribution in [0.5, 0.6) is 0 Å². The molecule has 0 spiro atoms. The van der Waals surface area contributed by atoms with Gasteiger partial charge < -0.3 is 21.1 Å². The summed E-state index contributed by atoms with van der Waals surface area (Å²) >= 11 is 1.23. The number of carbonyl (C=O) groups is 1. The molecule has 7 heteroatoms. The maximum Gasteiger partial charge on any atom is 0.267 e. The quantitative estimate of drug-likeness (QED) is 0.778. The first-order valence-electron chi connectivity index (χ1n) is 6.08. The van der Waals surface area contributed by atoms with Crippen LogP contribution in [0.2, 0.25) is 0 Å². The predicted molar refractivity (Wildman–Crippen MR) is 78.5 cm³/mol. The Morgan fingerprint density at radius 1 is 1.58 bits per heavy atom. The lowest BCUT2D eigenvalue weighted by Gasteiger charge is -2.19. The third kappa shape index (κ3) is 4.68. The molecule has 4 N–H and O–H groups in total. The average Bonchev–Trinajstić information content (AvgIpc) is 2.54. The molecular formula is C12H22N4O2S. The zero-order valence-corrected chi connectivity index (χ0v) is 12.8. The average molecular weight is 286 g/mol. The van der Waals surface area contributed by atoms with Crippen molar-refractivity contribution in [3.8, 4) is 0 Å². The van der Waals surface area contributed by atoms with Crippen LogP contribution in [-0.4, -0.2) is 46.1 Å². The highest BCUT2D eigenvalue weighted by molar-refractivity contribution is 7.18. The van der Waals surface area contributed by atoms with Crippen molar-refractivity contribution < 1.29 is 9.90 Å². The summed E-state index contributed by atoms with van der Waals surface area (Å²) in [4.78, 5) is 18.1. The molecule has 1 rings (SSSR count). The van der Waals surface area contributed by atoms with E-state index in [0.29, 0.717) is 10.0 Å². The number of hydrogen-bond donors (Lipinski definition) is 3. The van der Waals surface area contributed by atoms with Crippen molar-refractivity contribution in [1.29, 1.82) is 0 Å². The fourth-order valence-corrected chi connectivity index (χ4v) is 2.60. The highest BCUT2D eigenvalue weighted by Crippen LogP contribution is 2.28. The molecule has 0 aromatic carbocycles. The number of rotatable bonds is 4. The Bertz CT molecular complexity index is 451. The van der Waals surface area contributed by atoms with Crippen molar-refractivity contribution in [2.45, 2.75) is 39.3 Å². The summed E-state index contributed by atoms with van der Waals surface area (Å²) in [5.74, 6) is -0.00273. The molecule has 1 atom stereocenters. The number of thiazole rings is 1. The third-order valence-corrected chi connectivity index (χ3v) is 3.19. The lowest BCUT2D eigenvalue weighted by atomic mass is 10.1. The largest absolute Gasteiger partial charge is 0.392 e. The van der Waals surface area contributed by atoms with Crippen LogP contribution in [0.25, 0.3) is 0 Å². The van der Waals surface area contributed by atoms with Gasteiger partial charge in [-0.25, -0.2) is 4.98 Å². The molecule has 19 heavy (non-hydrogen) atoms. The molecule has 1 aromatic rings. The molecule has 108 valence electrons. The second-order valence-electron chi connectivity index (χ2n) is 5.64.